The Bertz CT molecular complexity index is 753. The second-order valence-corrected chi connectivity index (χ2v) is 5.17. The highest BCUT2D eigenvalue weighted by Gasteiger charge is 2.13. The molecular formula is C17H17N3O4S. The lowest BCUT2D eigenvalue weighted by molar-refractivity contribution is -0.123. The van der Waals surface area contributed by atoms with E-state index in [0.717, 1.165) is 0 Å². The third-order valence-corrected chi connectivity index (χ3v) is 3.21. The average Bonchev–Trinajstić information content (AvgIpc) is 2.65. The molecule has 0 bridgehead atoms. The van der Waals surface area contributed by atoms with Crippen molar-refractivity contribution in [2.75, 3.05) is 13.7 Å². The van der Waals surface area contributed by atoms with Crippen molar-refractivity contribution in [1.82, 2.24) is 16.2 Å². The Morgan fingerprint density at radius 1 is 1.00 bits per heavy atom. The van der Waals surface area contributed by atoms with Gasteiger partial charge in [-0.25, -0.2) is 0 Å². The summed E-state index contributed by atoms with van der Waals surface area (Å²) in [7, 11) is 1.47. The number of benzene rings is 2. The van der Waals surface area contributed by atoms with E-state index in [4.69, 9.17) is 21.7 Å². The van der Waals surface area contributed by atoms with Crippen LogP contribution in [0, 0.1) is 0 Å². The topological polar surface area (TPSA) is 88.7 Å². The van der Waals surface area contributed by atoms with E-state index in [1.54, 1.807) is 48.5 Å². The summed E-state index contributed by atoms with van der Waals surface area (Å²) >= 11 is 4.97. The minimum absolute atomic E-state index is 0.0519. The normalized spacial score (nSPS) is 9.64. The van der Waals surface area contributed by atoms with Crippen molar-refractivity contribution in [3.8, 4) is 11.5 Å². The number of rotatable bonds is 5. The maximum atomic E-state index is 12.1. The molecule has 0 radical (unpaired) electrons. The maximum Gasteiger partial charge on any atom is 0.276 e. The molecule has 0 aromatic heterocycles. The average molecular weight is 359 g/mol. The fraction of sp³-hybridized carbons (Fsp3) is 0.118. The van der Waals surface area contributed by atoms with Crippen molar-refractivity contribution in [3.05, 3.63) is 60.2 Å². The van der Waals surface area contributed by atoms with Gasteiger partial charge in [-0.2, -0.15) is 0 Å². The number of ether oxygens (including phenoxy) is 2. The van der Waals surface area contributed by atoms with Gasteiger partial charge in [-0.1, -0.05) is 30.3 Å². The van der Waals surface area contributed by atoms with E-state index in [0.29, 0.717) is 17.1 Å². The second-order valence-electron chi connectivity index (χ2n) is 4.76. The number of amides is 2. The summed E-state index contributed by atoms with van der Waals surface area (Å²) < 4.78 is 10.4. The molecule has 0 saturated carbocycles. The predicted molar refractivity (Wildman–Crippen MR) is 96.3 cm³/mol. The zero-order valence-electron chi connectivity index (χ0n) is 13.4. The highest BCUT2D eigenvalue weighted by Crippen LogP contribution is 2.16. The summed E-state index contributed by atoms with van der Waals surface area (Å²) in [5.74, 6) is 0.0928. The van der Waals surface area contributed by atoms with Crippen LogP contribution in [-0.4, -0.2) is 30.6 Å². The van der Waals surface area contributed by atoms with E-state index in [1.165, 1.54) is 7.11 Å². The quantitative estimate of drug-likeness (QED) is 0.553. The summed E-state index contributed by atoms with van der Waals surface area (Å²) in [6.07, 6.45) is 0. The van der Waals surface area contributed by atoms with Crippen molar-refractivity contribution in [1.29, 1.82) is 0 Å². The molecule has 8 heteroatoms. The van der Waals surface area contributed by atoms with E-state index in [2.05, 4.69) is 16.2 Å². The van der Waals surface area contributed by atoms with Gasteiger partial charge in [-0.3, -0.25) is 25.8 Å². The van der Waals surface area contributed by atoms with Crippen LogP contribution in [0.5, 0.6) is 11.5 Å². The molecule has 2 rings (SSSR count). The first-order valence-corrected chi connectivity index (χ1v) is 7.72. The molecule has 130 valence electrons. The number of hydrogen-bond donors (Lipinski definition) is 3. The molecule has 2 amide bonds. The fourth-order valence-electron chi connectivity index (χ4n) is 1.86. The number of carbonyl (C=O) groups is 2. The Balaban J connectivity index is 1.76. The van der Waals surface area contributed by atoms with Crippen LogP contribution in [0.2, 0.25) is 0 Å². The van der Waals surface area contributed by atoms with Crippen LogP contribution >= 0.6 is 12.2 Å². The van der Waals surface area contributed by atoms with Crippen LogP contribution in [0.1, 0.15) is 10.4 Å². The van der Waals surface area contributed by atoms with Gasteiger partial charge in [0.05, 0.1) is 12.7 Å². The predicted octanol–water partition coefficient (Wildman–Crippen LogP) is 1.41. The second kappa shape index (κ2) is 9.24. The molecule has 0 unspecified atom stereocenters. The zero-order valence-corrected chi connectivity index (χ0v) is 14.3. The van der Waals surface area contributed by atoms with Crippen LogP contribution < -0.4 is 25.6 Å². The molecule has 0 saturated heterocycles. The van der Waals surface area contributed by atoms with Crippen LogP contribution in [0.3, 0.4) is 0 Å². The minimum atomic E-state index is -0.454. The Kier molecular flexibility index (Phi) is 6.73. The summed E-state index contributed by atoms with van der Waals surface area (Å²) in [6, 6.07) is 15.6. The van der Waals surface area contributed by atoms with E-state index >= 15 is 0 Å². The van der Waals surface area contributed by atoms with Crippen molar-refractivity contribution in [2.45, 2.75) is 0 Å². The standard InChI is InChI=1S/C17H17N3O4S/c1-23-14-10-6-5-9-13(14)16(22)18-17(25)20-19-15(21)11-24-12-7-3-2-4-8-12/h2-10H,11H2,1H3,(H,19,21)(H2,18,20,22,25). The molecular weight excluding hydrogens is 342 g/mol. The highest BCUT2D eigenvalue weighted by molar-refractivity contribution is 7.80. The summed E-state index contributed by atoms with van der Waals surface area (Å²) in [5, 5.41) is 2.39. The Labute approximate surface area is 150 Å². The van der Waals surface area contributed by atoms with Gasteiger partial charge in [0.1, 0.15) is 11.5 Å². The molecule has 0 aliphatic rings. The fourth-order valence-corrected chi connectivity index (χ4v) is 2.01. The smallest absolute Gasteiger partial charge is 0.276 e. The maximum absolute atomic E-state index is 12.1. The van der Waals surface area contributed by atoms with Gasteiger partial charge in [0.2, 0.25) is 0 Å². The van der Waals surface area contributed by atoms with Gasteiger partial charge in [0.25, 0.3) is 11.8 Å². The van der Waals surface area contributed by atoms with Gasteiger partial charge >= 0.3 is 0 Å². The molecule has 0 spiro atoms. The Morgan fingerprint density at radius 3 is 2.40 bits per heavy atom. The van der Waals surface area contributed by atoms with Crippen molar-refractivity contribution >= 4 is 29.1 Å². The molecule has 0 fully saturated rings. The van der Waals surface area contributed by atoms with E-state index in [-0.39, 0.29) is 11.7 Å². The Hall–Kier alpha value is -3.13. The van der Waals surface area contributed by atoms with Crippen molar-refractivity contribution in [2.24, 2.45) is 0 Å². The first-order valence-electron chi connectivity index (χ1n) is 7.31. The highest BCUT2D eigenvalue weighted by atomic mass is 32.1. The number of hydrazine groups is 1. The van der Waals surface area contributed by atoms with Crippen LogP contribution in [-0.2, 0) is 4.79 Å². The van der Waals surface area contributed by atoms with Gasteiger partial charge in [-0.05, 0) is 36.5 Å². The summed E-state index contributed by atoms with van der Waals surface area (Å²) in [5.41, 5.74) is 5.10. The first kappa shape index (κ1) is 18.2. The number of para-hydroxylation sites is 2. The van der Waals surface area contributed by atoms with Gasteiger partial charge in [0.15, 0.2) is 11.7 Å². The van der Waals surface area contributed by atoms with Crippen molar-refractivity contribution in [3.63, 3.8) is 0 Å². The molecule has 0 atom stereocenters. The molecule has 0 aliphatic heterocycles. The Morgan fingerprint density at radius 2 is 1.68 bits per heavy atom. The lowest BCUT2D eigenvalue weighted by atomic mass is 10.2. The zero-order chi connectivity index (χ0) is 18.1. The number of carbonyl (C=O) groups excluding carboxylic acids is 2. The van der Waals surface area contributed by atoms with Crippen LogP contribution in [0.15, 0.2) is 54.6 Å². The van der Waals surface area contributed by atoms with Gasteiger partial charge in [0, 0.05) is 0 Å². The molecule has 2 aromatic carbocycles. The summed E-state index contributed by atoms with van der Waals surface area (Å²) in [6.45, 7) is -0.194. The van der Waals surface area contributed by atoms with Gasteiger partial charge < -0.3 is 9.47 Å². The minimum Gasteiger partial charge on any atom is -0.496 e. The lowest BCUT2D eigenvalue weighted by Crippen LogP contribution is -2.49. The van der Waals surface area contributed by atoms with E-state index in [1.807, 2.05) is 6.07 Å². The SMILES string of the molecule is COc1ccccc1C(=O)NC(=S)NNC(=O)COc1ccccc1. The first-order chi connectivity index (χ1) is 12.1. The van der Waals surface area contributed by atoms with Gasteiger partial charge in [-0.15, -0.1) is 0 Å². The number of hydrogen-bond acceptors (Lipinski definition) is 5. The molecule has 0 heterocycles. The molecule has 2 aromatic rings. The van der Waals surface area contributed by atoms with Crippen molar-refractivity contribution < 1.29 is 19.1 Å². The molecule has 0 aliphatic carbocycles. The van der Waals surface area contributed by atoms with Crippen LogP contribution in [0.25, 0.3) is 0 Å². The largest absolute Gasteiger partial charge is 0.496 e. The van der Waals surface area contributed by atoms with Crippen LogP contribution in [0.4, 0.5) is 0 Å². The molecule has 3 N–H and O–H groups in total. The number of nitrogens with one attached hydrogen (secondary N) is 3. The lowest BCUT2D eigenvalue weighted by Gasteiger charge is -2.12. The summed E-state index contributed by atoms with van der Waals surface area (Å²) in [4.78, 5) is 23.8. The monoisotopic (exact) mass is 359 g/mol. The number of thiocarbonyl (C=S) groups is 1. The number of methoxy groups -OCH3 is 1. The molecule has 7 nitrogen and oxygen atoms in total. The third kappa shape index (κ3) is 5.78. The van der Waals surface area contributed by atoms with E-state index in [9.17, 15) is 9.59 Å². The molecule has 25 heavy (non-hydrogen) atoms. The van der Waals surface area contributed by atoms with E-state index < -0.39 is 11.8 Å². The third-order valence-electron chi connectivity index (χ3n) is 3.01.